The fraction of sp³-hybridized carbons (Fsp3) is 0.409. The molecular formula is C22H25N7O4. The number of aromatic nitrogens is 4. The minimum Gasteiger partial charge on any atom is -0.388 e. The number of rotatable bonds is 5. The second-order valence-electron chi connectivity index (χ2n) is 8.83. The van der Waals surface area contributed by atoms with E-state index >= 15 is 0 Å². The lowest BCUT2D eigenvalue weighted by atomic mass is 9.91. The summed E-state index contributed by atoms with van der Waals surface area (Å²) in [5.74, 6) is 0.342. The molecule has 1 saturated carbocycles. The van der Waals surface area contributed by atoms with Crippen molar-refractivity contribution in [1.82, 2.24) is 24.2 Å². The predicted octanol–water partition coefficient (Wildman–Crippen LogP) is 0.836. The summed E-state index contributed by atoms with van der Waals surface area (Å²) in [5, 5.41) is 18.2. The van der Waals surface area contributed by atoms with Crippen molar-refractivity contribution in [2.45, 2.75) is 37.8 Å². The molecule has 4 N–H and O–H groups in total. The average molecular weight is 451 g/mol. The van der Waals surface area contributed by atoms with Crippen molar-refractivity contribution in [3.63, 3.8) is 0 Å². The largest absolute Gasteiger partial charge is 0.388 e. The first kappa shape index (κ1) is 21.1. The third-order valence-corrected chi connectivity index (χ3v) is 6.31. The number of hydrogen-bond acceptors (Lipinski definition) is 6. The number of likely N-dealkylation sites (tertiary alicyclic amines) is 1. The van der Waals surface area contributed by atoms with Gasteiger partial charge in [-0.1, -0.05) is 6.07 Å². The van der Waals surface area contributed by atoms with Crippen LogP contribution in [0.5, 0.6) is 0 Å². The first-order valence-corrected chi connectivity index (χ1v) is 10.9. The SMILES string of the molecule is NC(=O)Nc1cccc(-n2ncc3c(=O)n(CC4(O)CCN(C(=O)C5CC5)CC4)cnc32)c1. The van der Waals surface area contributed by atoms with Crippen LogP contribution in [-0.2, 0) is 11.3 Å². The zero-order valence-electron chi connectivity index (χ0n) is 18.0. The molecule has 1 aliphatic heterocycles. The fourth-order valence-electron chi connectivity index (χ4n) is 4.31. The Morgan fingerprint density at radius 1 is 1.24 bits per heavy atom. The van der Waals surface area contributed by atoms with Gasteiger partial charge in [-0.15, -0.1) is 0 Å². The van der Waals surface area contributed by atoms with Crippen molar-refractivity contribution >= 4 is 28.7 Å². The molecule has 0 spiro atoms. The van der Waals surface area contributed by atoms with Crippen LogP contribution in [0.1, 0.15) is 25.7 Å². The number of aliphatic hydroxyl groups is 1. The Bertz CT molecular complexity index is 1290. The molecule has 3 heterocycles. The Kier molecular flexibility index (Phi) is 5.12. The Morgan fingerprint density at radius 2 is 2.00 bits per heavy atom. The Morgan fingerprint density at radius 3 is 2.70 bits per heavy atom. The minimum absolute atomic E-state index is 0.101. The number of urea groups is 1. The maximum Gasteiger partial charge on any atom is 0.316 e. The van der Waals surface area contributed by atoms with E-state index in [1.165, 1.54) is 21.8 Å². The highest BCUT2D eigenvalue weighted by Gasteiger charge is 2.39. The second-order valence-corrected chi connectivity index (χ2v) is 8.83. The molecule has 3 aromatic rings. The Hall–Kier alpha value is -3.73. The quantitative estimate of drug-likeness (QED) is 0.523. The number of primary amides is 1. The van der Waals surface area contributed by atoms with Crippen LogP contribution < -0.4 is 16.6 Å². The highest BCUT2D eigenvalue weighted by Crippen LogP contribution is 2.33. The second kappa shape index (κ2) is 8.00. The van der Waals surface area contributed by atoms with Crippen LogP contribution in [0.3, 0.4) is 0 Å². The van der Waals surface area contributed by atoms with Crippen molar-refractivity contribution in [1.29, 1.82) is 0 Å². The van der Waals surface area contributed by atoms with Crippen molar-refractivity contribution in [3.05, 3.63) is 47.1 Å². The molecule has 3 amide bonds. The van der Waals surface area contributed by atoms with Gasteiger partial charge in [-0.2, -0.15) is 5.10 Å². The summed E-state index contributed by atoms with van der Waals surface area (Å²) in [5.41, 5.74) is 5.26. The molecule has 0 bridgehead atoms. The molecule has 1 aromatic carbocycles. The van der Waals surface area contributed by atoms with Gasteiger partial charge in [-0.3, -0.25) is 14.2 Å². The Labute approximate surface area is 188 Å². The monoisotopic (exact) mass is 451 g/mol. The zero-order chi connectivity index (χ0) is 23.2. The lowest BCUT2D eigenvalue weighted by Gasteiger charge is -2.38. The van der Waals surface area contributed by atoms with Gasteiger partial charge in [-0.05, 0) is 43.9 Å². The number of anilines is 1. The summed E-state index contributed by atoms with van der Waals surface area (Å²) in [6, 6.07) is 6.17. The van der Waals surface area contributed by atoms with Crippen LogP contribution in [0, 0.1) is 5.92 Å². The van der Waals surface area contributed by atoms with Gasteiger partial charge in [-0.25, -0.2) is 14.5 Å². The number of hydrogen-bond donors (Lipinski definition) is 3. The fourth-order valence-corrected chi connectivity index (χ4v) is 4.31. The first-order chi connectivity index (χ1) is 15.8. The molecule has 33 heavy (non-hydrogen) atoms. The van der Waals surface area contributed by atoms with E-state index in [2.05, 4.69) is 15.4 Å². The van der Waals surface area contributed by atoms with Crippen molar-refractivity contribution in [3.8, 4) is 5.69 Å². The molecule has 2 aliphatic rings. The standard InChI is InChI=1S/C22H25N7O4/c23-21(32)26-15-2-1-3-16(10-15)29-18-17(11-25-29)20(31)28(13-24-18)12-22(33)6-8-27(9-7-22)19(30)14-4-5-14/h1-3,10-11,13-14,33H,4-9,12H2,(H3,23,26,32). The molecular weight excluding hydrogens is 426 g/mol. The van der Waals surface area contributed by atoms with E-state index in [1.54, 1.807) is 24.3 Å². The smallest absolute Gasteiger partial charge is 0.316 e. The highest BCUT2D eigenvalue weighted by atomic mass is 16.3. The third-order valence-electron chi connectivity index (χ3n) is 6.31. The summed E-state index contributed by atoms with van der Waals surface area (Å²) < 4.78 is 2.90. The van der Waals surface area contributed by atoms with Crippen LogP contribution in [0.2, 0.25) is 0 Å². The number of nitrogens with one attached hydrogen (secondary N) is 1. The molecule has 0 unspecified atom stereocenters. The average Bonchev–Trinajstić information content (AvgIpc) is 3.54. The van der Waals surface area contributed by atoms with Crippen molar-refractivity contribution < 1.29 is 14.7 Å². The van der Waals surface area contributed by atoms with Crippen LogP contribution >= 0.6 is 0 Å². The Balaban J connectivity index is 1.36. The number of piperidine rings is 1. The molecule has 11 heteroatoms. The van der Waals surface area contributed by atoms with E-state index in [0.29, 0.717) is 48.3 Å². The van der Waals surface area contributed by atoms with E-state index in [9.17, 15) is 19.5 Å². The first-order valence-electron chi connectivity index (χ1n) is 10.9. The van der Waals surface area contributed by atoms with Gasteiger partial charge in [0, 0.05) is 24.7 Å². The zero-order valence-corrected chi connectivity index (χ0v) is 18.0. The van der Waals surface area contributed by atoms with E-state index < -0.39 is 11.6 Å². The predicted molar refractivity (Wildman–Crippen MR) is 120 cm³/mol. The summed E-state index contributed by atoms with van der Waals surface area (Å²) in [7, 11) is 0. The minimum atomic E-state index is -1.08. The number of carbonyl (C=O) groups excluding carboxylic acids is 2. The summed E-state index contributed by atoms with van der Waals surface area (Å²) in [6.07, 6.45) is 5.59. The van der Waals surface area contributed by atoms with Gasteiger partial charge in [0.15, 0.2) is 5.65 Å². The summed E-state index contributed by atoms with van der Waals surface area (Å²) in [4.78, 5) is 42.7. The van der Waals surface area contributed by atoms with Gasteiger partial charge in [0.2, 0.25) is 5.91 Å². The van der Waals surface area contributed by atoms with Gasteiger partial charge in [0.25, 0.3) is 5.56 Å². The topological polar surface area (TPSA) is 148 Å². The van der Waals surface area contributed by atoms with Gasteiger partial charge < -0.3 is 21.1 Å². The normalized spacial score (nSPS) is 17.8. The number of nitrogens with zero attached hydrogens (tertiary/aromatic N) is 5. The highest BCUT2D eigenvalue weighted by molar-refractivity contribution is 5.88. The van der Waals surface area contributed by atoms with Crippen LogP contribution in [0.15, 0.2) is 41.6 Å². The van der Waals surface area contributed by atoms with Gasteiger partial charge in [0.05, 0.1) is 24.0 Å². The number of fused-ring (bicyclic) bond motifs is 1. The lowest BCUT2D eigenvalue weighted by Crippen LogP contribution is -2.50. The molecule has 0 atom stereocenters. The van der Waals surface area contributed by atoms with Gasteiger partial charge in [0.1, 0.15) is 11.7 Å². The third kappa shape index (κ3) is 4.19. The summed E-state index contributed by atoms with van der Waals surface area (Å²) >= 11 is 0. The lowest BCUT2D eigenvalue weighted by molar-refractivity contribution is -0.137. The molecule has 1 saturated heterocycles. The maximum absolute atomic E-state index is 13.1. The van der Waals surface area contributed by atoms with Crippen molar-refractivity contribution in [2.75, 3.05) is 18.4 Å². The van der Waals surface area contributed by atoms with E-state index in [0.717, 1.165) is 12.8 Å². The number of amides is 3. The molecule has 2 fully saturated rings. The maximum atomic E-state index is 13.1. The van der Waals surface area contributed by atoms with Crippen LogP contribution in [0.25, 0.3) is 16.7 Å². The number of carbonyl (C=O) groups is 2. The molecule has 5 rings (SSSR count). The van der Waals surface area contributed by atoms with Crippen LogP contribution in [0.4, 0.5) is 10.5 Å². The molecule has 2 aromatic heterocycles. The van der Waals surface area contributed by atoms with Gasteiger partial charge >= 0.3 is 6.03 Å². The van der Waals surface area contributed by atoms with Crippen molar-refractivity contribution in [2.24, 2.45) is 11.7 Å². The molecule has 1 aliphatic carbocycles. The van der Waals surface area contributed by atoms with E-state index in [4.69, 9.17) is 5.73 Å². The summed E-state index contributed by atoms with van der Waals surface area (Å²) in [6.45, 7) is 1.08. The van der Waals surface area contributed by atoms with E-state index in [1.807, 2.05) is 4.90 Å². The number of nitrogens with two attached hydrogens (primary N) is 1. The molecule has 0 radical (unpaired) electrons. The van der Waals surface area contributed by atoms with E-state index in [-0.39, 0.29) is 23.9 Å². The number of benzene rings is 1. The molecule has 172 valence electrons. The molecule has 11 nitrogen and oxygen atoms in total. The van der Waals surface area contributed by atoms with Crippen LogP contribution in [-0.4, -0.2) is 60.0 Å².